The molecule has 0 aromatic carbocycles. The lowest BCUT2D eigenvalue weighted by atomic mass is 10.2. The predicted octanol–water partition coefficient (Wildman–Crippen LogP) is 1.08. The van der Waals surface area contributed by atoms with Crippen molar-refractivity contribution in [2.45, 2.75) is 24.9 Å². The van der Waals surface area contributed by atoms with Gasteiger partial charge in [-0.05, 0) is 0 Å². The van der Waals surface area contributed by atoms with E-state index in [4.69, 9.17) is 18.3 Å². The first-order valence-corrected chi connectivity index (χ1v) is 6.97. The molecule has 108 valence electrons. The zero-order chi connectivity index (χ0) is 14.1. The fourth-order valence-corrected chi connectivity index (χ4v) is 2.90. The molecular weight excluding hydrogens is 377 g/mol. The number of aromatic nitrogens is 4. The number of hydrogen-bond donors (Lipinski definition) is 1. The van der Waals surface area contributed by atoms with Crippen LogP contribution in [-0.2, 0) is 12.5 Å². The Morgan fingerprint density at radius 3 is 3.10 bits per heavy atom. The van der Waals surface area contributed by atoms with Crippen molar-refractivity contribution in [2.24, 2.45) is 0 Å². The van der Waals surface area contributed by atoms with Gasteiger partial charge in [-0.2, -0.15) is 0 Å². The molecule has 1 aliphatic heterocycles. The molecule has 1 aliphatic rings. The van der Waals surface area contributed by atoms with Crippen LogP contribution in [0.5, 0.6) is 0 Å². The second-order valence-corrected chi connectivity index (χ2v) is 5.04. The van der Waals surface area contributed by atoms with Crippen molar-refractivity contribution < 1.29 is 12.5 Å². The number of imidazole rings is 1. The molecule has 3 heterocycles. The summed E-state index contributed by atoms with van der Waals surface area (Å²) in [6.45, 7) is 0.480. The van der Waals surface area contributed by atoms with Crippen LogP contribution >= 0.6 is 23.0 Å². The summed E-state index contributed by atoms with van der Waals surface area (Å²) in [5.41, 5.74) is 7.02. The van der Waals surface area contributed by atoms with E-state index in [0.29, 0.717) is 30.0 Å². The summed E-state index contributed by atoms with van der Waals surface area (Å²) >= 11 is 1.89. The topological polar surface area (TPSA) is 97.3 Å². The highest BCUT2D eigenvalue weighted by Gasteiger charge is 2.37. The number of halogens is 1. The van der Waals surface area contributed by atoms with E-state index in [1.165, 1.54) is 6.33 Å². The van der Waals surface area contributed by atoms with E-state index in [1.807, 2.05) is 27.6 Å². The molecule has 0 saturated carbocycles. The number of anilines is 1. The summed E-state index contributed by atoms with van der Waals surface area (Å²) in [6.07, 6.45) is 3.44. The quantitative estimate of drug-likeness (QED) is 0.779. The minimum Gasteiger partial charge on any atom is -0.382 e. The van der Waals surface area contributed by atoms with Crippen molar-refractivity contribution in [3.63, 3.8) is 0 Å². The zero-order valence-corrected chi connectivity index (χ0v) is 12.9. The fourth-order valence-electron chi connectivity index (χ4n) is 2.36. The molecule has 0 spiro atoms. The number of nitrogens with zero attached hydrogens (tertiary/aromatic N) is 4. The largest absolute Gasteiger partial charge is 0.382 e. The van der Waals surface area contributed by atoms with Gasteiger partial charge < -0.3 is 18.3 Å². The highest BCUT2D eigenvalue weighted by molar-refractivity contribution is 14.1. The van der Waals surface area contributed by atoms with Crippen LogP contribution in [0, 0.1) is 0 Å². The van der Waals surface area contributed by atoms with Crippen LogP contribution in [0.15, 0.2) is 12.7 Å². The zero-order valence-electron chi connectivity index (χ0n) is 10.8. The van der Waals surface area contributed by atoms with E-state index in [2.05, 4.69) is 15.0 Å². The lowest BCUT2D eigenvalue weighted by Crippen LogP contribution is -2.26. The van der Waals surface area contributed by atoms with Gasteiger partial charge >= 0.3 is 0 Å². The minimum atomic E-state index is -0.200. The lowest BCUT2D eigenvalue weighted by molar-refractivity contribution is -0.0441. The average molecular weight is 391 g/mol. The summed E-state index contributed by atoms with van der Waals surface area (Å²) in [5.74, 6) is 0.363. The number of fused-ring (bicyclic) bond motifs is 1. The molecule has 3 rings (SSSR count). The van der Waals surface area contributed by atoms with Crippen LogP contribution < -0.4 is 5.73 Å². The monoisotopic (exact) mass is 391 g/mol. The van der Waals surface area contributed by atoms with Gasteiger partial charge in [0, 0.05) is 13.5 Å². The molecule has 2 aromatic rings. The predicted molar refractivity (Wildman–Crippen MR) is 79.0 cm³/mol. The maximum Gasteiger partial charge on any atom is 0.167 e. The molecule has 2 aromatic heterocycles. The number of methoxy groups -OCH3 is 1. The van der Waals surface area contributed by atoms with Gasteiger partial charge in [0.2, 0.25) is 0 Å². The van der Waals surface area contributed by atoms with Crippen molar-refractivity contribution >= 4 is 40.0 Å². The lowest BCUT2D eigenvalue weighted by Gasteiger charge is -2.15. The van der Waals surface area contributed by atoms with Crippen molar-refractivity contribution in [1.29, 1.82) is 0 Å². The Balaban J connectivity index is 1.90. The van der Waals surface area contributed by atoms with Crippen molar-refractivity contribution in [2.75, 3.05) is 19.5 Å². The maximum absolute atomic E-state index is 5.96. The molecule has 1 saturated heterocycles. The van der Waals surface area contributed by atoms with E-state index < -0.39 is 0 Å². The van der Waals surface area contributed by atoms with Gasteiger partial charge in [0.1, 0.15) is 53.3 Å². The van der Waals surface area contributed by atoms with Crippen molar-refractivity contribution in [3.05, 3.63) is 12.7 Å². The molecule has 0 bridgehead atoms. The first kappa shape index (κ1) is 13.9. The molecule has 1 fully saturated rings. The molecule has 0 radical (unpaired) electrons. The molecule has 1 unspecified atom stereocenters. The average Bonchev–Trinajstić information content (AvgIpc) is 3.03. The number of nitrogens with two attached hydrogens (primary N) is 1. The van der Waals surface area contributed by atoms with Crippen LogP contribution in [-0.4, -0.2) is 45.4 Å². The molecule has 20 heavy (non-hydrogen) atoms. The maximum atomic E-state index is 5.96. The van der Waals surface area contributed by atoms with Gasteiger partial charge in [-0.1, -0.05) is 0 Å². The van der Waals surface area contributed by atoms with Crippen molar-refractivity contribution in [1.82, 2.24) is 19.5 Å². The van der Waals surface area contributed by atoms with Crippen molar-refractivity contribution in [3.8, 4) is 0 Å². The summed E-state index contributed by atoms with van der Waals surface area (Å²) in [4.78, 5) is 12.4. The highest BCUT2D eigenvalue weighted by atomic mass is 127. The van der Waals surface area contributed by atoms with Gasteiger partial charge in [0.25, 0.3) is 0 Å². The summed E-state index contributed by atoms with van der Waals surface area (Å²) in [7, 11) is 1.64. The standard InChI is InChI=1S/C11H14IN5O3/c1-18-3-7-6(20-12)2-8(19-7)17-5-16-9-10(13)14-4-15-11(9)17/h4-8H,2-3H2,1H3,(H2,13,14,15)/t6?,7-,8-/m1/s1. The number of rotatable bonds is 4. The number of nitrogen functional groups attached to an aromatic ring is 1. The Morgan fingerprint density at radius 2 is 2.35 bits per heavy atom. The number of ether oxygens (including phenoxy) is 2. The Hall–Kier alpha value is -1.04. The van der Waals surface area contributed by atoms with E-state index >= 15 is 0 Å². The summed E-state index contributed by atoms with van der Waals surface area (Å²) in [6, 6.07) is 0. The smallest absolute Gasteiger partial charge is 0.167 e. The third-order valence-corrected chi connectivity index (χ3v) is 3.98. The molecule has 0 aliphatic carbocycles. The molecule has 2 N–H and O–H groups in total. The highest BCUT2D eigenvalue weighted by Crippen LogP contribution is 2.33. The summed E-state index contributed by atoms with van der Waals surface area (Å²) < 4.78 is 18.4. The first-order chi connectivity index (χ1) is 9.74. The Kier molecular flexibility index (Phi) is 4.01. The van der Waals surface area contributed by atoms with Crippen LogP contribution in [0.2, 0.25) is 0 Å². The normalized spacial score (nSPS) is 26.4. The molecule has 3 atom stereocenters. The molecular formula is C11H14IN5O3. The number of hydrogen-bond acceptors (Lipinski definition) is 7. The SMILES string of the molecule is COC[C@H]1O[C@@H](n2cnc3c(N)ncnc32)CC1OI. The van der Waals surface area contributed by atoms with Crippen LogP contribution in [0.3, 0.4) is 0 Å². The van der Waals surface area contributed by atoms with Gasteiger partial charge in [0.05, 0.1) is 12.9 Å². The van der Waals surface area contributed by atoms with Crippen LogP contribution in [0.25, 0.3) is 11.2 Å². The third-order valence-electron chi connectivity index (χ3n) is 3.32. The van der Waals surface area contributed by atoms with E-state index in [-0.39, 0.29) is 18.4 Å². The van der Waals surface area contributed by atoms with Gasteiger partial charge in [-0.25, -0.2) is 15.0 Å². The second kappa shape index (κ2) is 5.76. The Labute approximate surface area is 129 Å². The second-order valence-electron chi connectivity index (χ2n) is 4.53. The van der Waals surface area contributed by atoms with E-state index in [0.717, 1.165) is 0 Å². The van der Waals surface area contributed by atoms with Gasteiger partial charge in [-0.3, -0.25) is 4.57 Å². The molecule has 0 amide bonds. The fraction of sp³-hybridized carbons (Fsp3) is 0.545. The molecule has 8 nitrogen and oxygen atoms in total. The Morgan fingerprint density at radius 1 is 1.50 bits per heavy atom. The van der Waals surface area contributed by atoms with E-state index in [9.17, 15) is 0 Å². The third kappa shape index (κ3) is 2.34. The van der Waals surface area contributed by atoms with Gasteiger partial charge in [0.15, 0.2) is 11.5 Å². The Bertz CT molecular complexity index is 607. The minimum absolute atomic E-state index is 0.0304. The first-order valence-electron chi connectivity index (χ1n) is 6.09. The van der Waals surface area contributed by atoms with Gasteiger partial charge in [-0.15, -0.1) is 0 Å². The van der Waals surface area contributed by atoms with Crippen LogP contribution in [0.1, 0.15) is 12.6 Å². The summed E-state index contributed by atoms with van der Waals surface area (Å²) in [5, 5.41) is 0. The van der Waals surface area contributed by atoms with E-state index in [1.54, 1.807) is 13.4 Å². The van der Waals surface area contributed by atoms with Crippen LogP contribution in [0.4, 0.5) is 5.82 Å². The molecule has 9 heteroatoms.